The molecule has 94 valence electrons. The van der Waals surface area contributed by atoms with Crippen LogP contribution in [-0.2, 0) is 10.9 Å². The SMILES string of the molecule is Cc1ccc([S+](c2ccc(C)cc2)C(C)C)cc1. The fourth-order valence-electron chi connectivity index (χ4n) is 2.05. The second-order valence-electron chi connectivity index (χ2n) is 5.01. The summed E-state index contributed by atoms with van der Waals surface area (Å²) >= 11 is 0. The van der Waals surface area contributed by atoms with Crippen molar-refractivity contribution >= 4 is 10.9 Å². The van der Waals surface area contributed by atoms with Gasteiger partial charge in [0.2, 0.25) is 0 Å². The second-order valence-corrected chi connectivity index (χ2v) is 7.57. The smallest absolute Gasteiger partial charge is 0.0543 e. The van der Waals surface area contributed by atoms with Crippen LogP contribution in [-0.4, -0.2) is 5.25 Å². The van der Waals surface area contributed by atoms with Gasteiger partial charge in [-0.05, 0) is 52.0 Å². The predicted octanol–water partition coefficient (Wildman–Crippen LogP) is 4.75. The molecule has 0 bridgehead atoms. The molecule has 2 aromatic carbocycles. The number of rotatable bonds is 3. The molecule has 0 aromatic heterocycles. The van der Waals surface area contributed by atoms with Gasteiger partial charge in [-0.25, -0.2) is 0 Å². The van der Waals surface area contributed by atoms with E-state index in [0.29, 0.717) is 5.25 Å². The highest BCUT2D eigenvalue weighted by atomic mass is 32.2. The lowest BCUT2D eigenvalue weighted by atomic mass is 10.2. The van der Waals surface area contributed by atoms with Gasteiger partial charge in [0.15, 0.2) is 9.79 Å². The largest absolute Gasteiger partial charge is 0.160 e. The fourth-order valence-corrected chi connectivity index (χ4v) is 4.27. The molecule has 0 fully saturated rings. The Morgan fingerprint density at radius 2 is 1.00 bits per heavy atom. The lowest BCUT2D eigenvalue weighted by molar-refractivity contribution is 1.08. The minimum Gasteiger partial charge on any atom is -0.0543 e. The van der Waals surface area contributed by atoms with Crippen molar-refractivity contribution in [3.05, 3.63) is 59.7 Å². The highest BCUT2D eigenvalue weighted by molar-refractivity contribution is 7.97. The van der Waals surface area contributed by atoms with E-state index >= 15 is 0 Å². The fraction of sp³-hybridized carbons (Fsp3) is 0.294. The zero-order chi connectivity index (χ0) is 13.1. The summed E-state index contributed by atoms with van der Waals surface area (Å²) in [5.74, 6) is 0. The first-order valence-corrected chi connectivity index (χ1v) is 7.73. The first kappa shape index (κ1) is 13.2. The first-order chi connectivity index (χ1) is 8.58. The van der Waals surface area contributed by atoms with E-state index in [0.717, 1.165) is 0 Å². The van der Waals surface area contributed by atoms with E-state index < -0.39 is 0 Å². The maximum atomic E-state index is 2.31. The monoisotopic (exact) mass is 257 g/mol. The van der Waals surface area contributed by atoms with Gasteiger partial charge in [0.05, 0.1) is 10.9 Å². The van der Waals surface area contributed by atoms with Gasteiger partial charge >= 0.3 is 0 Å². The average Bonchev–Trinajstić information content (AvgIpc) is 2.34. The Labute approximate surface area is 113 Å². The Bertz CT molecular complexity index is 449. The maximum Gasteiger partial charge on any atom is 0.160 e. The molecule has 0 aliphatic carbocycles. The maximum absolute atomic E-state index is 2.31. The number of aryl methyl sites for hydroxylation is 2. The van der Waals surface area contributed by atoms with Crippen LogP contribution in [0.3, 0.4) is 0 Å². The van der Waals surface area contributed by atoms with E-state index in [-0.39, 0.29) is 10.9 Å². The summed E-state index contributed by atoms with van der Waals surface area (Å²) in [5.41, 5.74) is 2.66. The van der Waals surface area contributed by atoms with Crippen molar-refractivity contribution in [1.29, 1.82) is 0 Å². The molecular formula is C17H21S+. The zero-order valence-corrected chi connectivity index (χ0v) is 12.4. The molecule has 2 rings (SSSR count). The number of benzene rings is 2. The molecule has 0 unspecified atom stereocenters. The summed E-state index contributed by atoms with van der Waals surface area (Å²) in [6.45, 7) is 8.90. The standard InChI is InChI=1S/C17H21S/c1-13(2)18(16-9-5-14(3)6-10-16)17-11-7-15(4)8-12-17/h5-13H,1-4H3/q+1. The summed E-state index contributed by atoms with van der Waals surface area (Å²) in [6.07, 6.45) is 0. The minimum absolute atomic E-state index is 0.180. The van der Waals surface area contributed by atoms with E-state index in [9.17, 15) is 0 Å². The summed E-state index contributed by atoms with van der Waals surface area (Å²) in [5, 5.41) is 0.635. The van der Waals surface area contributed by atoms with Crippen molar-refractivity contribution in [1.82, 2.24) is 0 Å². The lowest BCUT2D eigenvalue weighted by Gasteiger charge is -2.12. The zero-order valence-electron chi connectivity index (χ0n) is 11.6. The molecule has 0 spiro atoms. The van der Waals surface area contributed by atoms with Crippen molar-refractivity contribution < 1.29 is 0 Å². The van der Waals surface area contributed by atoms with Crippen LogP contribution in [0, 0.1) is 13.8 Å². The van der Waals surface area contributed by atoms with Crippen LogP contribution in [0.4, 0.5) is 0 Å². The topological polar surface area (TPSA) is 0 Å². The molecule has 0 saturated carbocycles. The molecule has 0 atom stereocenters. The summed E-state index contributed by atoms with van der Waals surface area (Å²) < 4.78 is 0. The van der Waals surface area contributed by atoms with Gasteiger partial charge in [-0.1, -0.05) is 35.4 Å². The van der Waals surface area contributed by atoms with Gasteiger partial charge in [0.25, 0.3) is 0 Å². The lowest BCUT2D eigenvalue weighted by Crippen LogP contribution is -2.15. The first-order valence-electron chi connectivity index (χ1n) is 6.44. The molecule has 2 aromatic rings. The van der Waals surface area contributed by atoms with Crippen molar-refractivity contribution in [2.45, 2.75) is 42.7 Å². The van der Waals surface area contributed by atoms with Crippen LogP contribution >= 0.6 is 0 Å². The van der Waals surface area contributed by atoms with E-state index in [4.69, 9.17) is 0 Å². The molecule has 0 aliphatic rings. The van der Waals surface area contributed by atoms with Crippen LogP contribution < -0.4 is 0 Å². The second kappa shape index (κ2) is 5.62. The van der Waals surface area contributed by atoms with Crippen LogP contribution in [0.25, 0.3) is 0 Å². The highest BCUT2D eigenvalue weighted by Crippen LogP contribution is 2.27. The van der Waals surface area contributed by atoms with Gasteiger partial charge in [0, 0.05) is 0 Å². The third-order valence-corrected chi connectivity index (χ3v) is 5.52. The Morgan fingerprint density at radius 3 is 1.28 bits per heavy atom. The minimum atomic E-state index is 0.180. The summed E-state index contributed by atoms with van der Waals surface area (Å²) in [7, 11) is 0.180. The van der Waals surface area contributed by atoms with Crippen molar-refractivity contribution in [3.8, 4) is 0 Å². The molecule has 0 N–H and O–H groups in total. The molecule has 0 aliphatic heterocycles. The molecule has 0 amide bonds. The molecule has 0 nitrogen and oxygen atoms in total. The Morgan fingerprint density at radius 1 is 0.667 bits per heavy atom. The normalized spacial score (nSPS) is 11.2. The Kier molecular flexibility index (Phi) is 4.13. The van der Waals surface area contributed by atoms with E-state index in [2.05, 4.69) is 76.2 Å². The average molecular weight is 257 g/mol. The van der Waals surface area contributed by atoms with E-state index in [1.807, 2.05) is 0 Å². The van der Waals surface area contributed by atoms with Crippen LogP contribution in [0.15, 0.2) is 58.3 Å². The summed E-state index contributed by atoms with van der Waals surface area (Å²) in [4.78, 5) is 2.89. The number of hydrogen-bond donors (Lipinski definition) is 0. The van der Waals surface area contributed by atoms with Gasteiger partial charge in [-0.2, -0.15) is 0 Å². The summed E-state index contributed by atoms with van der Waals surface area (Å²) in [6, 6.07) is 18.0. The molecule has 0 radical (unpaired) electrons. The third-order valence-electron chi connectivity index (χ3n) is 3.02. The van der Waals surface area contributed by atoms with Crippen molar-refractivity contribution in [2.24, 2.45) is 0 Å². The Balaban J connectivity index is 2.39. The molecule has 1 heteroatoms. The van der Waals surface area contributed by atoms with E-state index in [1.54, 1.807) is 0 Å². The van der Waals surface area contributed by atoms with Crippen LogP contribution in [0.2, 0.25) is 0 Å². The van der Waals surface area contributed by atoms with Gasteiger partial charge in [-0.3, -0.25) is 0 Å². The highest BCUT2D eigenvalue weighted by Gasteiger charge is 2.28. The van der Waals surface area contributed by atoms with Gasteiger partial charge in [-0.15, -0.1) is 0 Å². The Hall–Kier alpha value is -1.21. The molecule has 0 saturated heterocycles. The van der Waals surface area contributed by atoms with Crippen molar-refractivity contribution in [3.63, 3.8) is 0 Å². The molecule has 0 heterocycles. The van der Waals surface area contributed by atoms with Gasteiger partial charge in [0.1, 0.15) is 5.25 Å². The predicted molar refractivity (Wildman–Crippen MR) is 81.4 cm³/mol. The molecular weight excluding hydrogens is 236 g/mol. The van der Waals surface area contributed by atoms with E-state index in [1.165, 1.54) is 20.9 Å². The third kappa shape index (κ3) is 2.97. The number of hydrogen-bond acceptors (Lipinski definition) is 0. The van der Waals surface area contributed by atoms with Crippen molar-refractivity contribution in [2.75, 3.05) is 0 Å². The van der Waals surface area contributed by atoms with Gasteiger partial charge < -0.3 is 0 Å². The van der Waals surface area contributed by atoms with Crippen LogP contribution in [0.1, 0.15) is 25.0 Å². The quantitative estimate of drug-likeness (QED) is 0.696. The molecule has 18 heavy (non-hydrogen) atoms. The van der Waals surface area contributed by atoms with Crippen LogP contribution in [0.5, 0.6) is 0 Å².